The molecule has 2 fully saturated rings. The summed E-state index contributed by atoms with van der Waals surface area (Å²) in [6.07, 6.45) is 1.86. The molecule has 0 spiro atoms. The lowest BCUT2D eigenvalue weighted by molar-refractivity contribution is -0.130. The summed E-state index contributed by atoms with van der Waals surface area (Å²) in [6, 6.07) is 7.98. The molecule has 2 heterocycles. The normalized spacial score (nSPS) is 28.4. The highest BCUT2D eigenvalue weighted by Crippen LogP contribution is 2.67. The largest absolute Gasteiger partial charge is 0.379 e. The lowest BCUT2D eigenvalue weighted by atomic mass is 9.67. The number of carbonyl (C=O) groups is 1. The molecule has 2 unspecified atom stereocenters. The van der Waals surface area contributed by atoms with Gasteiger partial charge in [0.25, 0.3) is 0 Å². The number of ether oxygens (including phenoxy) is 1. The van der Waals surface area contributed by atoms with Crippen molar-refractivity contribution in [3.05, 3.63) is 35.7 Å². The molecule has 2 bridgehead atoms. The van der Waals surface area contributed by atoms with Crippen LogP contribution in [0.15, 0.2) is 24.3 Å². The summed E-state index contributed by atoms with van der Waals surface area (Å²) in [4.78, 5) is 25.8. The van der Waals surface area contributed by atoms with E-state index in [4.69, 9.17) is 14.7 Å². The van der Waals surface area contributed by atoms with Gasteiger partial charge in [0.1, 0.15) is 0 Å². The van der Waals surface area contributed by atoms with Crippen LogP contribution in [0.3, 0.4) is 0 Å². The summed E-state index contributed by atoms with van der Waals surface area (Å²) >= 11 is 0. The zero-order chi connectivity index (χ0) is 19.4. The van der Waals surface area contributed by atoms with E-state index in [1.807, 2.05) is 24.3 Å². The van der Waals surface area contributed by atoms with Crippen LogP contribution in [-0.4, -0.2) is 60.2 Å². The van der Waals surface area contributed by atoms with Gasteiger partial charge in [0, 0.05) is 32.1 Å². The summed E-state index contributed by atoms with van der Waals surface area (Å²) in [7, 11) is 0. The second-order valence-corrected chi connectivity index (χ2v) is 8.87. The van der Waals surface area contributed by atoms with Crippen molar-refractivity contribution in [3.8, 4) is 0 Å². The Bertz CT molecular complexity index is 922. The summed E-state index contributed by atoms with van der Waals surface area (Å²) in [6.45, 7) is 9.42. The minimum absolute atomic E-state index is 0.122. The molecule has 1 aliphatic heterocycles. The highest BCUT2D eigenvalue weighted by atomic mass is 16.5. The van der Waals surface area contributed by atoms with Crippen LogP contribution >= 0.6 is 0 Å². The Balaban J connectivity index is 1.44. The smallest absolute Gasteiger partial charge is 0.232 e. The fourth-order valence-electron chi connectivity index (χ4n) is 5.63. The van der Waals surface area contributed by atoms with Gasteiger partial charge in [-0.25, -0.2) is 9.97 Å². The standard InChI is InChI=1S/C22H28N4O2/c1-21(2)15-7-8-22(21,20(27)23-9-10-26-11-13-28-14-12-26)19-18(15)24-16-5-3-4-6-17(16)25-19/h3-6,15H,7-14H2,1-2H3,(H,23,27). The van der Waals surface area contributed by atoms with E-state index in [0.29, 0.717) is 12.5 Å². The number of benzene rings is 1. The Hall–Kier alpha value is -2.05. The van der Waals surface area contributed by atoms with Crippen LogP contribution in [-0.2, 0) is 14.9 Å². The highest BCUT2D eigenvalue weighted by Gasteiger charge is 2.67. The van der Waals surface area contributed by atoms with E-state index in [2.05, 4.69) is 24.1 Å². The van der Waals surface area contributed by atoms with Crippen molar-refractivity contribution in [1.29, 1.82) is 0 Å². The van der Waals surface area contributed by atoms with E-state index >= 15 is 0 Å². The highest BCUT2D eigenvalue weighted by molar-refractivity contribution is 5.92. The summed E-state index contributed by atoms with van der Waals surface area (Å²) in [5.41, 5.74) is 3.01. The average Bonchev–Trinajstić information content (AvgIpc) is 3.08. The molecule has 2 aliphatic carbocycles. The molecular weight excluding hydrogens is 352 g/mol. The second-order valence-electron chi connectivity index (χ2n) is 8.87. The van der Waals surface area contributed by atoms with Gasteiger partial charge >= 0.3 is 0 Å². The first-order valence-corrected chi connectivity index (χ1v) is 10.4. The third-order valence-electron chi connectivity index (χ3n) is 7.32. The van der Waals surface area contributed by atoms with Crippen LogP contribution in [0.2, 0.25) is 0 Å². The molecule has 5 rings (SSSR count). The number of carbonyl (C=O) groups excluding carboxylic acids is 1. The van der Waals surface area contributed by atoms with E-state index < -0.39 is 5.41 Å². The fraction of sp³-hybridized carbons (Fsp3) is 0.591. The summed E-state index contributed by atoms with van der Waals surface area (Å²) < 4.78 is 5.40. The van der Waals surface area contributed by atoms with Crippen LogP contribution < -0.4 is 5.32 Å². The Morgan fingerprint density at radius 3 is 2.68 bits per heavy atom. The van der Waals surface area contributed by atoms with Gasteiger partial charge in [0.2, 0.25) is 5.91 Å². The van der Waals surface area contributed by atoms with E-state index in [0.717, 1.165) is 68.1 Å². The van der Waals surface area contributed by atoms with Crippen molar-refractivity contribution in [3.63, 3.8) is 0 Å². The number of para-hydroxylation sites is 2. The third-order valence-corrected chi connectivity index (χ3v) is 7.32. The maximum atomic E-state index is 13.6. The van der Waals surface area contributed by atoms with Crippen molar-refractivity contribution < 1.29 is 9.53 Å². The predicted molar refractivity (Wildman–Crippen MR) is 107 cm³/mol. The molecule has 1 aromatic carbocycles. The van der Waals surface area contributed by atoms with Crippen molar-refractivity contribution >= 4 is 16.9 Å². The first-order chi connectivity index (χ1) is 13.5. The van der Waals surface area contributed by atoms with Gasteiger partial charge in [-0.3, -0.25) is 9.69 Å². The fourth-order valence-corrected chi connectivity index (χ4v) is 5.63. The zero-order valence-corrected chi connectivity index (χ0v) is 16.7. The zero-order valence-electron chi connectivity index (χ0n) is 16.7. The van der Waals surface area contributed by atoms with Gasteiger partial charge in [0.05, 0.1) is 41.1 Å². The first-order valence-electron chi connectivity index (χ1n) is 10.4. The van der Waals surface area contributed by atoms with E-state index in [1.165, 1.54) is 0 Å². The quantitative estimate of drug-likeness (QED) is 0.881. The molecule has 6 nitrogen and oxygen atoms in total. The van der Waals surface area contributed by atoms with Gasteiger partial charge < -0.3 is 10.1 Å². The van der Waals surface area contributed by atoms with Crippen molar-refractivity contribution in [2.45, 2.75) is 38.0 Å². The predicted octanol–water partition coefficient (Wildman–Crippen LogP) is 2.23. The SMILES string of the molecule is CC1(C)C2CCC1(C(=O)NCCN1CCOCC1)c1nc3ccccc3nc12. The van der Waals surface area contributed by atoms with Gasteiger partial charge in [-0.05, 0) is 30.4 Å². The Morgan fingerprint density at radius 2 is 1.93 bits per heavy atom. The number of rotatable bonds is 4. The van der Waals surface area contributed by atoms with Crippen LogP contribution in [0.5, 0.6) is 0 Å². The van der Waals surface area contributed by atoms with Crippen molar-refractivity contribution in [2.75, 3.05) is 39.4 Å². The number of hydrogen-bond acceptors (Lipinski definition) is 5. The molecule has 1 saturated carbocycles. The monoisotopic (exact) mass is 380 g/mol. The molecule has 1 N–H and O–H groups in total. The number of nitrogens with zero attached hydrogens (tertiary/aromatic N) is 3. The molecule has 1 saturated heterocycles. The van der Waals surface area contributed by atoms with E-state index in [1.54, 1.807) is 0 Å². The van der Waals surface area contributed by atoms with Crippen LogP contribution in [0, 0.1) is 5.41 Å². The Kier molecular flexibility index (Phi) is 4.18. The van der Waals surface area contributed by atoms with Crippen molar-refractivity contribution in [1.82, 2.24) is 20.2 Å². The van der Waals surface area contributed by atoms with Gasteiger partial charge in [-0.1, -0.05) is 26.0 Å². The van der Waals surface area contributed by atoms with E-state index in [9.17, 15) is 4.79 Å². The molecule has 28 heavy (non-hydrogen) atoms. The second kappa shape index (κ2) is 6.49. The van der Waals surface area contributed by atoms with Gasteiger partial charge in [-0.15, -0.1) is 0 Å². The molecular formula is C22H28N4O2. The topological polar surface area (TPSA) is 67.4 Å². The van der Waals surface area contributed by atoms with Crippen LogP contribution in [0.1, 0.15) is 44.0 Å². The molecule has 2 atom stereocenters. The lowest BCUT2D eigenvalue weighted by Crippen LogP contribution is -2.51. The summed E-state index contributed by atoms with van der Waals surface area (Å²) in [5, 5.41) is 3.25. The number of morpholine rings is 1. The average molecular weight is 380 g/mol. The number of hydrogen-bond donors (Lipinski definition) is 1. The molecule has 6 heteroatoms. The number of amides is 1. The molecule has 1 amide bonds. The van der Waals surface area contributed by atoms with E-state index in [-0.39, 0.29) is 11.3 Å². The third kappa shape index (κ3) is 2.44. The van der Waals surface area contributed by atoms with Crippen LogP contribution in [0.25, 0.3) is 11.0 Å². The minimum atomic E-state index is -0.574. The van der Waals surface area contributed by atoms with Crippen molar-refractivity contribution in [2.24, 2.45) is 5.41 Å². The van der Waals surface area contributed by atoms with Gasteiger partial charge in [-0.2, -0.15) is 0 Å². The first kappa shape index (κ1) is 18.0. The molecule has 3 aliphatic rings. The minimum Gasteiger partial charge on any atom is -0.379 e. The Morgan fingerprint density at radius 1 is 1.21 bits per heavy atom. The molecule has 1 aromatic heterocycles. The number of aromatic nitrogens is 2. The Labute approximate surface area is 165 Å². The lowest BCUT2D eigenvalue weighted by Gasteiger charge is -2.36. The maximum absolute atomic E-state index is 13.6. The van der Waals surface area contributed by atoms with Gasteiger partial charge in [0.15, 0.2) is 0 Å². The molecule has 148 valence electrons. The molecule has 0 radical (unpaired) electrons. The number of fused-ring (bicyclic) bond motifs is 6. The number of nitrogens with one attached hydrogen (secondary N) is 1. The summed E-state index contributed by atoms with van der Waals surface area (Å²) in [5.74, 6) is 0.418. The molecule has 2 aromatic rings. The van der Waals surface area contributed by atoms with Crippen LogP contribution in [0.4, 0.5) is 0 Å². The maximum Gasteiger partial charge on any atom is 0.232 e.